The summed E-state index contributed by atoms with van der Waals surface area (Å²) in [4.78, 5) is 24.2. The average molecular weight is 425 g/mol. The highest BCUT2D eigenvalue weighted by Gasteiger charge is 2.29. The molecule has 2 aromatic carbocycles. The van der Waals surface area contributed by atoms with Crippen LogP contribution in [0.3, 0.4) is 0 Å². The lowest BCUT2D eigenvalue weighted by atomic mass is 9.89. The van der Waals surface area contributed by atoms with Crippen LogP contribution in [0.4, 0.5) is 10.5 Å². The molecule has 1 aliphatic rings. The maximum atomic E-state index is 12.8. The summed E-state index contributed by atoms with van der Waals surface area (Å²) >= 11 is 0. The van der Waals surface area contributed by atoms with Gasteiger partial charge in [-0.1, -0.05) is 19.1 Å². The molecule has 0 saturated heterocycles. The van der Waals surface area contributed by atoms with Crippen molar-refractivity contribution >= 4 is 23.4 Å². The summed E-state index contributed by atoms with van der Waals surface area (Å²) in [5, 5.41) is 8.82. The Kier molecular flexibility index (Phi) is 7.12. The zero-order valence-electron chi connectivity index (χ0n) is 18.2. The van der Waals surface area contributed by atoms with Crippen molar-refractivity contribution in [2.75, 3.05) is 26.6 Å². The third-order valence-corrected chi connectivity index (χ3v) is 5.19. The molecule has 2 aromatic rings. The fraction of sp³-hybridized carbons (Fsp3) is 0.348. The molecule has 0 aliphatic carbocycles. The summed E-state index contributed by atoms with van der Waals surface area (Å²) in [6, 6.07) is 12.9. The van der Waals surface area contributed by atoms with Crippen molar-refractivity contribution in [1.82, 2.24) is 5.01 Å². The monoisotopic (exact) mass is 425 g/mol. The van der Waals surface area contributed by atoms with Gasteiger partial charge in [-0.3, -0.25) is 10.1 Å². The van der Waals surface area contributed by atoms with Crippen molar-refractivity contribution in [2.24, 2.45) is 11.0 Å². The zero-order valence-corrected chi connectivity index (χ0v) is 18.2. The normalized spacial score (nSPS) is 15.9. The van der Waals surface area contributed by atoms with Crippen LogP contribution in [0.15, 0.2) is 47.6 Å². The number of ether oxygens (including phenoxy) is 3. The third kappa shape index (κ3) is 5.14. The number of hydrogen-bond donors (Lipinski definition) is 1. The highest BCUT2D eigenvalue weighted by Crippen LogP contribution is 2.31. The molecule has 1 unspecified atom stereocenters. The van der Waals surface area contributed by atoms with E-state index in [1.807, 2.05) is 37.3 Å². The molecule has 0 radical (unpaired) electrons. The number of carbonyl (C=O) groups is 2. The molecule has 3 rings (SSSR count). The molecule has 0 fully saturated rings. The molecule has 8 nitrogen and oxygen atoms in total. The van der Waals surface area contributed by atoms with E-state index in [0.29, 0.717) is 30.2 Å². The number of anilines is 1. The minimum absolute atomic E-state index is 0.0224. The van der Waals surface area contributed by atoms with Gasteiger partial charge in [0, 0.05) is 23.6 Å². The Morgan fingerprint density at radius 2 is 1.90 bits per heavy atom. The van der Waals surface area contributed by atoms with E-state index in [0.717, 1.165) is 23.3 Å². The third-order valence-electron chi connectivity index (χ3n) is 5.19. The number of nitrogens with zero attached hydrogens (tertiary/aromatic N) is 2. The van der Waals surface area contributed by atoms with Crippen LogP contribution in [-0.2, 0) is 16.1 Å². The molecule has 0 bridgehead atoms. The van der Waals surface area contributed by atoms with Gasteiger partial charge in [0.05, 0.1) is 33.6 Å². The molecule has 0 aromatic heterocycles. The van der Waals surface area contributed by atoms with Crippen LogP contribution in [0.5, 0.6) is 11.5 Å². The van der Waals surface area contributed by atoms with Crippen LogP contribution in [0, 0.1) is 5.92 Å². The summed E-state index contributed by atoms with van der Waals surface area (Å²) < 4.78 is 15.4. The molecule has 1 N–H and O–H groups in total. The fourth-order valence-electron chi connectivity index (χ4n) is 3.52. The van der Waals surface area contributed by atoms with Crippen LogP contribution in [-0.4, -0.2) is 44.1 Å². The lowest BCUT2D eigenvalue weighted by Crippen LogP contribution is -2.36. The van der Waals surface area contributed by atoms with E-state index in [1.54, 1.807) is 26.4 Å². The summed E-state index contributed by atoms with van der Waals surface area (Å²) in [6.07, 6.45) is 0.625. The van der Waals surface area contributed by atoms with Gasteiger partial charge in [0.1, 0.15) is 0 Å². The van der Waals surface area contributed by atoms with Crippen molar-refractivity contribution < 1.29 is 23.8 Å². The van der Waals surface area contributed by atoms with Gasteiger partial charge in [-0.05, 0) is 42.3 Å². The number of carbonyl (C=O) groups excluding carboxylic acids is 2. The summed E-state index contributed by atoms with van der Waals surface area (Å²) in [7, 11) is 4.49. The Bertz CT molecular complexity index is 989. The smallest absolute Gasteiger partial charge is 0.411 e. The molecule has 0 saturated carbocycles. The minimum Gasteiger partial charge on any atom is -0.493 e. The van der Waals surface area contributed by atoms with Crippen LogP contribution >= 0.6 is 0 Å². The first-order valence-electron chi connectivity index (χ1n) is 10.0. The largest absolute Gasteiger partial charge is 0.493 e. The van der Waals surface area contributed by atoms with Gasteiger partial charge in [0.25, 0.3) is 0 Å². The second kappa shape index (κ2) is 9.97. The standard InChI is InChI=1S/C23H27N3O5/c1-5-16-13-21(27)26(14-15-7-6-8-18(11-15)24-23(28)31-4)25-22(16)17-9-10-19(29-2)20(12-17)30-3/h6-12,16H,5,13-14H2,1-4H3,(H,24,28). The van der Waals surface area contributed by atoms with Gasteiger partial charge in [-0.15, -0.1) is 0 Å². The molecule has 8 heteroatoms. The van der Waals surface area contributed by atoms with Crippen LogP contribution in [0.1, 0.15) is 30.9 Å². The van der Waals surface area contributed by atoms with Gasteiger partial charge in [-0.2, -0.15) is 5.10 Å². The number of hydrogen-bond acceptors (Lipinski definition) is 6. The van der Waals surface area contributed by atoms with E-state index in [4.69, 9.17) is 14.6 Å². The first-order valence-corrected chi connectivity index (χ1v) is 10.0. The Morgan fingerprint density at radius 1 is 1.13 bits per heavy atom. The topological polar surface area (TPSA) is 89.5 Å². The number of amides is 2. The first kappa shape index (κ1) is 22.1. The van der Waals surface area contributed by atoms with Crippen molar-refractivity contribution in [3.8, 4) is 11.5 Å². The van der Waals surface area contributed by atoms with E-state index in [-0.39, 0.29) is 11.8 Å². The van der Waals surface area contributed by atoms with Gasteiger partial charge >= 0.3 is 6.09 Å². The van der Waals surface area contributed by atoms with E-state index < -0.39 is 6.09 Å². The predicted octanol–water partition coefficient (Wildman–Crippen LogP) is 4.04. The van der Waals surface area contributed by atoms with Crippen LogP contribution in [0.2, 0.25) is 0 Å². The number of hydrazone groups is 1. The van der Waals surface area contributed by atoms with Crippen LogP contribution < -0.4 is 14.8 Å². The highest BCUT2D eigenvalue weighted by molar-refractivity contribution is 6.06. The molecule has 1 heterocycles. The first-order chi connectivity index (χ1) is 15.0. The fourth-order valence-corrected chi connectivity index (χ4v) is 3.52. The molecule has 2 amide bonds. The van der Waals surface area contributed by atoms with Gasteiger partial charge in [0.15, 0.2) is 11.5 Å². The molecular weight excluding hydrogens is 398 g/mol. The van der Waals surface area contributed by atoms with Crippen molar-refractivity contribution in [1.29, 1.82) is 0 Å². The lowest BCUT2D eigenvalue weighted by molar-refractivity contribution is -0.133. The van der Waals surface area contributed by atoms with Gasteiger partial charge in [-0.25, -0.2) is 9.80 Å². The van der Waals surface area contributed by atoms with E-state index in [9.17, 15) is 9.59 Å². The summed E-state index contributed by atoms with van der Waals surface area (Å²) in [5.74, 6) is 1.23. The van der Waals surface area contributed by atoms with Gasteiger partial charge < -0.3 is 14.2 Å². The Balaban J connectivity index is 1.90. The number of rotatable bonds is 7. The predicted molar refractivity (Wildman–Crippen MR) is 118 cm³/mol. The molecule has 164 valence electrons. The Morgan fingerprint density at radius 3 is 2.58 bits per heavy atom. The Hall–Kier alpha value is -3.55. The molecular formula is C23H27N3O5. The SMILES string of the molecule is CCC1CC(=O)N(Cc2cccc(NC(=O)OC)c2)N=C1c1ccc(OC)c(OC)c1. The number of benzene rings is 2. The van der Waals surface area contributed by atoms with Gasteiger partial charge in [0.2, 0.25) is 5.91 Å². The zero-order chi connectivity index (χ0) is 22.4. The average Bonchev–Trinajstić information content (AvgIpc) is 2.79. The highest BCUT2D eigenvalue weighted by atomic mass is 16.5. The maximum Gasteiger partial charge on any atom is 0.411 e. The van der Waals surface area contributed by atoms with Crippen molar-refractivity contribution in [2.45, 2.75) is 26.3 Å². The second-order valence-corrected chi connectivity index (χ2v) is 7.13. The quantitative estimate of drug-likeness (QED) is 0.723. The molecule has 1 aliphatic heterocycles. The molecule has 1 atom stereocenters. The summed E-state index contributed by atoms with van der Waals surface area (Å²) in [6.45, 7) is 2.34. The van der Waals surface area contributed by atoms with Crippen molar-refractivity contribution in [3.63, 3.8) is 0 Å². The second-order valence-electron chi connectivity index (χ2n) is 7.13. The minimum atomic E-state index is -0.550. The number of methoxy groups -OCH3 is 3. The maximum absolute atomic E-state index is 12.8. The van der Waals surface area contributed by atoms with E-state index in [1.165, 1.54) is 12.1 Å². The summed E-state index contributed by atoms with van der Waals surface area (Å²) in [5.41, 5.74) is 3.16. The Labute approximate surface area is 181 Å². The number of nitrogens with one attached hydrogen (secondary N) is 1. The van der Waals surface area contributed by atoms with Crippen LogP contribution in [0.25, 0.3) is 0 Å². The lowest BCUT2D eigenvalue weighted by Gasteiger charge is -2.29. The van der Waals surface area contributed by atoms with E-state index in [2.05, 4.69) is 10.1 Å². The van der Waals surface area contributed by atoms with Crippen molar-refractivity contribution in [3.05, 3.63) is 53.6 Å². The van der Waals surface area contributed by atoms with E-state index >= 15 is 0 Å². The molecule has 31 heavy (non-hydrogen) atoms. The molecule has 0 spiro atoms.